The molecule has 5 heteroatoms. The summed E-state index contributed by atoms with van der Waals surface area (Å²) in [5.74, 6) is 0. The van der Waals surface area contributed by atoms with Crippen LogP contribution in [0.25, 0.3) is 6.08 Å². The second kappa shape index (κ2) is 4.71. The van der Waals surface area contributed by atoms with Gasteiger partial charge in [-0.1, -0.05) is 24.3 Å². The SMILES string of the molecule is N#CCC=Cc1ccc(S(=O)(=O)F)cc1. The van der Waals surface area contributed by atoms with E-state index in [4.69, 9.17) is 5.26 Å². The van der Waals surface area contributed by atoms with Crippen molar-refractivity contribution in [2.24, 2.45) is 0 Å². The number of nitrogens with zero attached hydrogens (tertiary/aromatic N) is 1. The summed E-state index contributed by atoms with van der Waals surface area (Å²) in [6.07, 6.45) is 3.58. The minimum Gasteiger partial charge on any atom is -0.198 e. The van der Waals surface area contributed by atoms with Gasteiger partial charge in [0.05, 0.1) is 17.4 Å². The Labute approximate surface area is 87.7 Å². The van der Waals surface area contributed by atoms with Gasteiger partial charge in [0.25, 0.3) is 0 Å². The highest BCUT2D eigenvalue weighted by atomic mass is 32.3. The molecule has 1 aromatic carbocycles. The van der Waals surface area contributed by atoms with Crippen molar-refractivity contribution >= 4 is 16.3 Å². The average Bonchev–Trinajstić information content (AvgIpc) is 2.18. The van der Waals surface area contributed by atoms with Crippen molar-refractivity contribution in [3.8, 4) is 6.07 Å². The zero-order chi connectivity index (χ0) is 11.3. The van der Waals surface area contributed by atoms with E-state index in [9.17, 15) is 12.3 Å². The summed E-state index contributed by atoms with van der Waals surface area (Å²) in [5, 5.41) is 8.26. The Balaban J connectivity index is 2.87. The van der Waals surface area contributed by atoms with Crippen molar-refractivity contribution in [3.05, 3.63) is 35.9 Å². The molecule has 0 unspecified atom stereocenters. The molecule has 0 aliphatic rings. The molecule has 1 aromatic rings. The lowest BCUT2D eigenvalue weighted by atomic mass is 10.2. The molecule has 0 aromatic heterocycles. The summed E-state index contributed by atoms with van der Waals surface area (Å²) in [6, 6.07) is 7.24. The summed E-state index contributed by atoms with van der Waals surface area (Å²) in [4.78, 5) is -0.361. The van der Waals surface area contributed by atoms with Crippen molar-refractivity contribution in [2.45, 2.75) is 11.3 Å². The van der Waals surface area contributed by atoms with Gasteiger partial charge in [0.1, 0.15) is 0 Å². The second-order valence-electron chi connectivity index (χ2n) is 2.77. The molecule has 0 bridgehead atoms. The Hall–Kier alpha value is -1.67. The van der Waals surface area contributed by atoms with Crippen molar-refractivity contribution < 1.29 is 12.3 Å². The number of hydrogen-bond acceptors (Lipinski definition) is 3. The molecule has 0 spiro atoms. The van der Waals surface area contributed by atoms with Gasteiger partial charge < -0.3 is 0 Å². The fourth-order valence-corrected chi connectivity index (χ4v) is 1.45. The van der Waals surface area contributed by atoms with Crippen LogP contribution in [0.3, 0.4) is 0 Å². The van der Waals surface area contributed by atoms with Crippen LogP contribution >= 0.6 is 0 Å². The van der Waals surface area contributed by atoms with Crippen LogP contribution in [0.5, 0.6) is 0 Å². The van der Waals surface area contributed by atoms with Crippen LogP contribution < -0.4 is 0 Å². The molecule has 0 aliphatic heterocycles. The van der Waals surface area contributed by atoms with Gasteiger partial charge in [0.15, 0.2) is 0 Å². The number of nitriles is 1. The van der Waals surface area contributed by atoms with Gasteiger partial charge in [-0.3, -0.25) is 0 Å². The van der Waals surface area contributed by atoms with Crippen LogP contribution in [0.15, 0.2) is 35.2 Å². The van der Waals surface area contributed by atoms with Crippen LogP contribution in [0.2, 0.25) is 0 Å². The first-order valence-corrected chi connectivity index (χ1v) is 5.50. The van der Waals surface area contributed by atoms with E-state index in [1.165, 1.54) is 24.3 Å². The molecular weight excluding hydrogens is 217 g/mol. The maximum atomic E-state index is 12.5. The van der Waals surface area contributed by atoms with Crippen molar-refractivity contribution in [3.63, 3.8) is 0 Å². The third-order valence-electron chi connectivity index (χ3n) is 1.68. The zero-order valence-electron chi connectivity index (χ0n) is 7.72. The summed E-state index contributed by atoms with van der Waals surface area (Å²) in [5.41, 5.74) is 0.720. The van der Waals surface area contributed by atoms with E-state index >= 15 is 0 Å². The molecule has 0 N–H and O–H groups in total. The predicted molar refractivity (Wildman–Crippen MR) is 54.0 cm³/mol. The topological polar surface area (TPSA) is 57.9 Å². The first-order chi connectivity index (χ1) is 7.04. The quantitative estimate of drug-likeness (QED) is 0.741. The van der Waals surface area contributed by atoms with E-state index in [0.717, 1.165) is 5.56 Å². The van der Waals surface area contributed by atoms with Crippen molar-refractivity contribution in [2.75, 3.05) is 0 Å². The molecule has 0 aliphatic carbocycles. The Morgan fingerprint density at radius 2 is 1.93 bits per heavy atom. The molecular formula is C10H8FNO2S. The van der Waals surface area contributed by atoms with Crippen molar-refractivity contribution in [1.82, 2.24) is 0 Å². The normalized spacial score (nSPS) is 11.5. The van der Waals surface area contributed by atoms with Gasteiger partial charge in [-0.05, 0) is 17.7 Å². The summed E-state index contributed by atoms with van der Waals surface area (Å²) in [6.45, 7) is 0. The minimum atomic E-state index is -4.62. The Kier molecular flexibility index (Phi) is 3.58. The van der Waals surface area contributed by atoms with Gasteiger partial charge in [-0.15, -0.1) is 3.89 Å². The lowest BCUT2D eigenvalue weighted by Gasteiger charge is -1.95. The first kappa shape index (κ1) is 11.4. The molecule has 0 amide bonds. The third kappa shape index (κ3) is 3.52. The molecule has 15 heavy (non-hydrogen) atoms. The highest BCUT2D eigenvalue weighted by Gasteiger charge is 2.09. The molecule has 0 radical (unpaired) electrons. The highest BCUT2D eigenvalue weighted by molar-refractivity contribution is 7.86. The number of benzene rings is 1. The number of rotatable bonds is 3. The lowest BCUT2D eigenvalue weighted by molar-refractivity contribution is 0.552. The Bertz CT molecular complexity index is 497. The van der Waals surface area contributed by atoms with Gasteiger partial charge in [-0.25, -0.2) is 0 Å². The molecule has 0 atom stereocenters. The maximum Gasteiger partial charge on any atom is 0.332 e. The fraction of sp³-hybridized carbons (Fsp3) is 0.100. The number of hydrogen-bond donors (Lipinski definition) is 0. The number of allylic oxidation sites excluding steroid dienone is 1. The fourth-order valence-electron chi connectivity index (χ4n) is 0.989. The first-order valence-electron chi connectivity index (χ1n) is 4.12. The van der Waals surface area contributed by atoms with Crippen molar-refractivity contribution in [1.29, 1.82) is 5.26 Å². The van der Waals surface area contributed by atoms with Gasteiger partial charge in [0, 0.05) is 0 Å². The number of halogens is 1. The monoisotopic (exact) mass is 225 g/mol. The van der Waals surface area contributed by atoms with E-state index in [2.05, 4.69) is 0 Å². The van der Waals surface area contributed by atoms with E-state index in [0.29, 0.717) is 0 Å². The van der Waals surface area contributed by atoms with E-state index in [-0.39, 0.29) is 11.3 Å². The zero-order valence-corrected chi connectivity index (χ0v) is 8.54. The minimum absolute atomic E-state index is 0.281. The molecule has 3 nitrogen and oxygen atoms in total. The molecule has 0 fully saturated rings. The maximum absolute atomic E-state index is 12.5. The van der Waals surface area contributed by atoms with E-state index in [1.807, 2.05) is 6.07 Å². The average molecular weight is 225 g/mol. The molecule has 78 valence electrons. The van der Waals surface area contributed by atoms with Gasteiger partial charge >= 0.3 is 10.2 Å². The molecule has 1 rings (SSSR count). The van der Waals surface area contributed by atoms with Gasteiger partial charge in [0.2, 0.25) is 0 Å². The molecule has 0 saturated carbocycles. The predicted octanol–water partition coefficient (Wildman–Crippen LogP) is 2.27. The van der Waals surface area contributed by atoms with Crippen LogP contribution in [-0.4, -0.2) is 8.42 Å². The summed E-state index contributed by atoms with van der Waals surface area (Å²) in [7, 11) is -4.62. The Morgan fingerprint density at radius 1 is 1.33 bits per heavy atom. The third-order valence-corrected chi connectivity index (χ3v) is 2.52. The smallest absolute Gasteiger partial charge is 0.198 e. The largest absolute Gasteiger partial charge is 0.332 e. The molecule has 0 saturated heterocycles. The lowest BCUT2D eigenvalue weighted by Crippen LogP contribution is -1.90. The highest BCUT2D eigenvalue weighted by Crippen LogP contribution is 2.13. The van der Waals surface area contributed by atoms with E-state index in [1.54, 1.807) is 12.2 Å². The van der Waals surface area contributed by atoms with Crippen LogP contribution in [-0.2, 0) is 10.2 Å². The summed E-state index contributed by atoms with van der Waals surface area (Å²) >= 11 is 0. The standard InChI is InChI=1S/C10H8FNO2S/c11-15(13,14)10-6-4-9(5-7-10)3-1-2-8-12/h1,3-7H,2H2. The van der Waals surface area contributed by atoms with E-state index < -0.39 is 10.2 Å². The van der Waals surface area contributed by atoms with Crippen LogP contribution in [0, 0.1) is 11.3 Å². The Morgan fingerprint density at radius 3 is 2.40 bits per heavy atom. The van der Waals surface area contributed by atoms with Crippen LogP contribution in [0.1, 0.15) is 12.0 Å². The second-order valence-corrected chi connectivity index (χ2v) is 4.12. The van der Waals surface area contributed by atoms with Crippen LogP contribution in [0.4, 0.5) is 3.89 Å². The molecule has 0 heterocycles. The summed E-state index contributed by atoms with van der Waals surface area (Å²) < 4.78 is 33.4. The van der Waals surface area contributed by atoms with Gasteiger partial charge in [-0.2, -0.15) is 13.7 Å².